The molecule has 0 saturated heterocycles. The minimum Gasteiger partial charge on any atom is -0.505 e. The van der Waals surface area contributed by atoms with Crippen molar-refractivity contribution in [3.05, 3.63) is 22.7 Å². The zero-order valence-electron chi connectivity index (χ0n) is 7.13. The van der Waals surface area contributed by atoms with Gasteiger partial charge in [0, 0.05) is 6.04 Å². The van der Waals surface area contributed by atoms with E-state index in [4.69, 9.17) is 0 Å². The van der Waals surface area contributed by atoms with Crippen molar-refractivity contribution in [1.29, 1.82) is 0 Å². The number of halogens is 1. The van der Waals surface area contributed by atoms with E-state index in [-0.39, 0.29) is 5.75 Å². The van der Waals surface area contributed by atoms with Crippen molar-refractivity contribution >= 4 is 21.6 Å². The lowest BCUT2D eigenvalue weighted by molar-refractivity contribution is 0.473. The molecule has 1 rings (SSSR count). The second-order valence-electron chi connectivity index (χ2n) is 2.94. The smallest absolute Gasteiger partial charge is 0.152 e. The van der Waals surface area contributed by atoms with Gasteiger partial charge in [-0.25, -0.2) is 0 Å². The van der Waals surface area contributed by atoms with Crippen LogP contribution >= 0.6 is 15.9 Å². The van der Waals surface area contributed by atoms with Gasteiger partial charge in [-0.1, -0.05) is 6.07 Å². The van der Waals surface area contributed by atoms with Crippen LogP contribution in [0.3, 0.4) is 0 Å². The fourth-order valence-electron chi connectivity index (χ4n) is 0.943. The summed E-state index contributed by atoms with van der Waals surface area (Å²) in [7, 11) is 0. The predicted octanol–water partition coefficient (Wildman–Crippen LogP) is 2.98. The molecule has 0 heterocycles. The van der Waals surface area contributed by atoms with E-state index in [9.17, 15) is 5.11 Å². The third kappa shape index (κ3) is 2.14. The molecule has 0 unspecified atom stereocenters. The van der Waals surface area contributed by atoms with Gasteiger partial charge in [0.2, 0.25) is 0 Å². The van der Waals surface area contributed by atoms with E-state index in [1.807, 2.05) is 26.0 Å². The number of benzene rings is 1. The molecular weight excluding hydrogens is 218 g/mol. The van der Waals surface area contributed by atoms with Crippen LogP contribution in [0.4, 0.5) is 5.69 Å². The summed E-state index contributed by atoms with van der Waals surface area (Å²) in [4.78, 5) is 0. The van der Waals surface area contributed by atoms with Gasteiger partial charge in [0.15, 0.2) is 5.75 Å². The third-order valence-electron chi connectivity index (χ3n) is 1.43. The maximum absolute atomic E-state index is 9.54. The van der Waals surface area contributed by atoms with E-state index in [2.05, 4.69) is 21.2 Å². The van der Waals surface area contributed by atoms with Crippen LogP contribution in [0.5, 0.6) is 5.75 Å². The van der Waals surface area contributed by atoms with Crippen LogP contribution in [0.15, 0.2) is 22.7 Å². The summed E-state index contributed by atoms with van der Waals surface area (Å²) in [5.74, 6) is 0.270. The van der Waals surface area contributed by atoms with Crippen molar-refractivity contribution in [2.75, 3.05) is 5.32 Å². The summed E-state index contributed by atoms with van der Waals surface area (Å²) < 4.78 is 0.716. The molecule has 3 heteroatoms. The summed E-state index contributed by atoms with van der Waals surface area (Å²) >= 11 is 3.25. The molecule has 0 fully saturated rings. The number of hydrogen-bond donors (Lipinski definition) is 2. The maximum atomic E-state index is 9.54. The Morgan fingerprint density at radius 2 is 2.08 bits per heavy atom. The van der Waals surface area contributed by atoms with Gasteiger partial charge in [0.05, 0.1) is 10.2 Å². The lowest BCUT2D eigenvalue weighted by Gasteiger charge is -2.11. The van der Waals surface area contributed by atoms with E-state index in [1.165, 1.54) is 0 Å². The van der Waals surface area contributed by atoms with Crippen LogP contribution < -0.4 is 5.32 Å². The zero-order chi connectivity index (χ0) is 9.14. The highest BCUT2D eigenvalue weighted by molar-refractivity contribution is 9.10. The summed E-state index contributed by atoms with van der Waals surface area (Å²) in [5, 5.41) is 12.7. The van der Waals surface area contributed by atoms with E-state index < -0.39 is 0 Å². The van der Waals surface area contributed by atoms with Crippen LogP contribution in [-0.4, -0.2) is 11.1 Å². The van der Waals surface area contributed by atoms with Crippen molar-refractivity contribution in [3.63, 3.8) is 0 Å². The predicted molar refractivity (Wildman–Crippen MR) is 54.6 cm³/mol. The van der Waals surface area contributed by atoms with E-state index in [1.54, 1.807) is 6.07 Å². The van der Waals surface area contributed by atoms with Gasteiger partial charge in [-0.2, -0.15) is 0 Å². The number of aromatic hydroxyl groups is 1. The fourth-order valence-corrected chi connectivity index (χ4v) is 1.31. The summed E-state index contributed by atoms with van der Waals surface area (Å²) in [6, 6.07) is 5.86. The summed E-state index contributed by atoms with van der Waals surface area (Å²) in [6.07, 6.45) is 0. The average Bonchev–Trinajstić information content (AvgIpc) is 1.98. The fraction of sp³-hybridized carbons (Fsp3) is 0.333. The summed E-state index contributed by atoms with van der Waals surface area (Å²) in [6.45, 7) is 4.06. The Kier molecular flexibility index (Phi) is 2.98. The molecule has 0 saturated carbocycles. The standard InChI is InChI=1S/C9H12BrNO/c1-6(2)11-8-5-3-4-7(10)9(8)12/h3-6,11-12H,1-2H3. The molecule has 0 radical (unpaired) electrons. The largest absolute Gasteiger partial charge is 0.505 e. The molecule has 0 bridgehead atoms. The summed E-state index contributed by atoms with van der Waals surface area (Å²) in [5.41, 5.74) is 0.763. The van der Waals surface area contributed by atoms with Crippen LogP contribution in [0, 0.1) is 0 Å². The number of phenolic OH excluding ortho intramolecular Hbond substituents is 1. The molecule has 0 aliphatic carbocycles. The zero-order valence-corrected chi connectivity index (χ0v) is 8.72. The molecular formula is C9H12BrNO. The van der Waals surface area contributed by atoms with Crippen LogP contribution in [0.2, 0.25) is 0 Å². The lowest BCUT2D eigenvalue weighted by atomic mass is 10.2. The van der Waals surface area contributed by atoms with Gasteiger partial charge in [0.25, 0.3) is 0 Å². The van der Waals surface area contributed by atoms with Crippen molar-refractivity contribution in [1.82, 2.24) is 0 Å². The van der Waals surface area contributed by atoms with E-state index in [0.717, 1.165) is 5.69 Å². The highest BCUT2D eigenvalue weighted by atomic mass is 79.9. The number of anilines is 1. The SMILES string of the molecule is CC(C)Nc1cccc(Br)c1O. The Bertz CT molecular complexity index is 273. The molecule has 0 aliphatic heterocycles. The Balaban J connectivity index is 2.92. The first kappa shape index (κ1) is 9.39. The second kappa shape index (κ2) is 3.81. The number of para-hydroxylation sites is 1. The van der Waals surface area contributed by atoms with Crippen molar-refractivity contribution < 1.29 is 5.11 Å². The van der Waals surface area contributed by atoms with Crippen molar-refractivity contribution in [3.8, 4) is 5.75 Å². The van der Waals surface area contributed by atoms with Crippen molar-refractivity contribution in [2.45, 2.75) is 19.9 Å². The van der Waals surface area contributed by atoms with Gasteiger partial charge in [-0.3, -0.25) is 0 Å². The first-order chi connectivity index (χ1) is 5.61. The van der Waals surface area contributed by atoms with Gasteiger partial charge in [0.1, 0.15) is 0 Å². The third-order valence-corrected chi connectivity index (χ3v) is 2.07. The second-order valence-corrected chi connectivity index (χ2v) is 3.79. The lowest BCUT2D eigenvalue weighted by Crippen LogP contribution is -2.09. The number of hydrogen-bond acceptors (Lipinski definition) is 2. The van der Waals surface area contributed by atoms with Gasteiger partial charge >= 0.3 is 0 Å². The minimum atomic E-state index is 0.270. The highest BCUT2D eigenvalue weighted by Gasteiger charge is 2.04. The molecule has 0 spiro atoms. The first-order valence-corrected chi connectivity index (χ1v) is 4.64. The molecule has 0 aromatic heterocycles. The van der Waals surface area contributed by atoms with Crippen LogP contribution in [0.1, 0.15) is 13.8 Å². The number of nitrogens with one attached hydrogen (secondary N) is 1. The van der Waals surface area contributed by atoms with Crippen LogP contribution in [-0.2, 0) is 0 Å². The van der Waals surface area contributed by atoms with Gasteiger partial charge < -0.3 is 10.4 Å². The Labute approximate surface area is 80.7 Å². The monoisotopic (exact) mass is 229 g/mol. The topological polar surface area (TPSA) is 32.3 Å². The minimum absolute atomic E-state index is 0.270. The molecule has 0 amide bonds. The van der Waals surface area contributed by atoms with E-state index in [0.29, 0.717) is 10.5 Å². The highest BCUT2D eigenvalue weighted by Crippen LogP contribution is 2.31. The molecule has 1 aromatic carbocycles. The van der Waals surface area contributed by atoms with Gasteiger partial charge in [-0.15, -0.1) is 0 Å². The number of rotatable bonds is 2. The Hall–Kier alpha value is -0.700. The van der Waals surface area contributed by atoms with Gasteiger partial charge in [-0.05, 0) is 41.9 Å². The Morgan fingerprint density at radius 3 is 2.67 bits per heavy atom. The molecule has 66 valence electrons. The molecule has 1 aromatic rings. The number of phenols is 1. The average molecular weight is 230 g/mol. The molecule has 2 nitrogen and oxygen atoms in total. The van der Waals surface area contributed by atoms with E-state index >= 15 is 0 Å². The Morgan fingerprint density at radius 1 is 1.42 bits per heavy atom. The normalized spacial score (nSPS) is 10.3. The molecule has 2 N–H and O–H groups in total. The molecule has 0 aliphatic rings. The molecule has 0 atom stereocenters. The van der Waals surface area contributed by atoms with Crippen LogP contribution in [0.25, 0.3) is 0 Å². The first-order valence-electron chi connectivity index (χ1n) is 3.85. The van der Waals surface area contributed by atoms with Crippen molar-refractivity contribution in [2.24, 2.45) is 0 Å². The quantitative estimate of drug-likeness (QED) is 0.765. The molecule has 12 heavy (non-hydrogen) atoms. The maximum Gasteiger partial charge on any atom is 0.152 e.